The van der Waals surface area contributed by atoms with Crippen molar-refractivity contribution in [1.29, 1.82) is 0 Å². The van der Waals surface area contributed by atoms with E-state index in [-0.39, 0.29) is 18.7 Å². The zero-order chi connectivity index (χ0) is 14.2. The summed E-state index contributed by atoms with van der Waals surface area (Å²) in [5, 5.41) is 18.0. The van der Waals surface area contributed by atoms with E-state index in [2.05, 4.69) is 10.2 Å². The van der Waals surface area contributed by atoms with Crippen LogP contribution in [0.25, 0.3) is 0 Å². The lowest BCUT2D eigenvalue weighted by Crippen LogP contribution is -2.52. The molecule has 1 unspecified atom stereocenters. The first-order valence-electron chi connectivity index (χ1n) is 5.38. The van der Waals surface area contributed by atoms with Crippen LogP contribution in [0.15, 0.2) is 17.5 Å². The predicted molar refractivity (Wildman–Crippen MR) is 62.8 cm³/mol. The zero-order valence-electron chi connectivity index (χ0n) is 9.92. The molecule has 0 saturated heterocycles. The van der Waals surface area contributed by atoms with Gasteiger partial charge in [-0.05, 0) is 6.92 Å². The monoisotopic (exact) mass is 292 g/mol. The molecule has 0 spiro atoms. The van der Waals surface area contributed by atoms with Gasteiger partial charge in [0.15, 0.2) is 0 Å². The Kier molecular flexibility index (Phi) is 3.55. The van der Waals surface area contributed by atoms with Crippen LogP contribution in [0.2, 0.25) is 5.02 Å². The van der Waals surface area contributed by atoms with E-state index in [4.69, 9.17) is 11.6 Å². The van der Waals surface area contributed by atoms with Gasteiger partial charge in [-0.3, -0.25) is 9.48 Å². The van der Waals surface area contributed by atoms with Crippen molar-refractivity contribution >= 4 is 23.2 Å². The van der Waals surface area contributed by atoms with Crippen molar-refractivity contribution in [2.45, 2.75) is 32.0 Å². The standard InChI is InChI=1S/C10H11ClF2N4O2/c1-6-2-10(19,9(12)13)17(15-6)8(18)5-16-4-7(11)3-14-16/h3-4,9,19H,2,5H2,1H3. The molecule has 19 heavy (non-hydrogen) atoms. The lowest BCUT2D eigenvalue weighted by molar-refractivity contribution is -0.192. The maximum absolute atomic E-state index is 12.9. The van der Waals surface area contributed by atoms with Crippen molar-refractivity contribution in [3.8, 4) is 0 Å². The molecule has 2 heterocycles. The van der Waals surface area contributed by atoms with E-state index in [0.29, 0.717) is 10.0 Å². The van der Waals surface area contributed by atoms with Crippen LogP contribution in [0.4, 0.5) is 8.78 Å². The number of nitrogens with zero attached hydrogens (tertiary/aromatic N) is 4. The van der Waals surface area contributed by atoms with E-state index in [1.165, 1.54) is 24.0 Å². The highest BCUT2D eigenvalue weighted by Crippen LogP contribution is 2.31. The Morgan fingerprint density at radius 2 is 2.37 bits per heavy atom. The van der Waals surface area contributed by atoms with Gasteiger partial charge in [0.05, 0.1) is 11.2 Å². The third kappa shape index (κ3) is 2.59. The molecule has 2 rings (SSSR count). The molecule has 0 bridgehead atoms. The highest BCUT2D eigenvalue weighted by molar-refractivity contribution is 6.30. The minimum absolute atomic E-state index is 0.259. The number of hydrazone groups is 1. The second-order valence-corrected chi connectivity index (χ2v) is 4.69. The van der Waals surface area contributed by atoms with Gasteiger partial charge in [0.2, 0.25) is 5.72 Å². The largest absolute Gasteiger partial charge is 0.364 e. The van der Waals surface area contributed by atoms with Crippen molar-refractivity contribution in [3.63, 3.8) is 0 Å². The molecule has 1 amide bonds. The summed E-state index contributed by atoms with van der Waals surface area (Å²) in [6, 6.07) is 0. The average Bonchev–Trinajstić information content (AvgIpc) is 2.83. The van der Waals surface area contributed by atoms with Crippen molar-refractivity contribution in [1.82, 2.24) is 14.8 Å². The second-order valence-electron chi connectivity index (χ2n) is 4.25. The minimum Gasteiger partial charge on any atom is -0.364 e. The van der Waals surface area contributed by atoms with Crippen LogP contribution in [0, 0.1) is 0 Å². The summed E-state index contributed by atoms with van der Waals surface area (Å²) in [6.45, 7) is 1.13. The van der Waals surface area contributed by atoms with E-state index in [1.807, 2.05) is 0 Å². The number of aliphatic hydroxyl groups is 1. The lowest BCUT2D eigenvalue weighted by atomic mass is 10.1. The number of rotatable bonds is 3. The van der Waals surface area contributed by atoms with Gasteiger partial charge < -0.3 is 5.11 Å². The Bertz CT molecular complexity index is 533. The Hall–Kier alpha value is -1.54. The van der Waals surface area contributed by atoms with Crippen LogP contribution in [0.1, 0.15) is 13.3 Å². The molecule has 1 N–H and O–H groups in total. The first kappa shape index (κ1) is 13.9. The van der Waals surface area contributed by atoms with E-state index in [0.717, 1.165) is 0 Å². The Morgan fingerprint density at radius 3 is 2.89 bits per heavy atom. The fraction of sp³-hybridized carbons (Fsp3) is 0.500. The summed E-state index contributed by atoms with van der Waals surface area (Å²) in [6.07, 6.45) is -0.810. The molecule has 1 atom stereocenters. The topological polar surface area (TPSA) is 70.7 Å². The van der Waals surface area contributed by atoms with Crippen LogP contribution in [-0.2, 0) is 11.3 Å². The van der Waals surface area contributed by atoms with Crippen LogP contribution < -0.4 is 0 Å². The maximum atomic E-state index is 12.9. The van der Waals surface area contributed by atoms with Crippen LogP contribution >= 0.6 is 11.6 Å². The molecule has 9 heteroatoms. The molecule has 6 nitrogen and oxygen atoms in total. The number of hydrogen-bond acceptors (Lipinski definition) is 4. The molecule has 1 aromatic heterocycles. The number of alkyl halides is 2. The van der Waals surface area contributed by atoms with Gasteiger partial charge in [0, 0.05) is 18.3 Å². The summed E-state index contributed by atoms with van der Waals surface area (Å²) in [7, 11) is 0. The van der Waals surface area contributed by atoms with E-state index < -0.39 is 18.1 Å². The van der Waals surface area contributed by atoms with Gasteiger partial charge in [0.25, 0.3) is 12.3 Å². The van der Waals surface area contributed by atoms with Gasteiger partial charge in [-0.25, -0.2) is 8.78 Å². The molecular weight excluding hydrogens is 282 g/mol. The highest BCUT2D eigenvalue weighted by atomic mass is 35.5. The average molecular weight is 293 g/mol. The Balaban J connectivity index is 2.17. The highest BCUT2D eigenvalue weighted by Gasteiger charge is 2.50. The molecule has 1 aromatic rings. The van der Waals surface area contributed by atoms with Crippen LogP contribution in [0.3, 0.4) is 0 Å². The zero-order valence-corrected chi connectivity index (χ0v) is 10.7. The maximum Gasteiger partial charge on any atom is 0.287 e. The minimum atomic E-state index is -3.11. The SMILES string of the molecule is CC1=NN(C(=O)Cn2cc(Cl)cn2)C(O)(C(F)F)C1. The quantitative estimate of drug-likeness (QED) is 0.907. The summed E-state index contributed by atoms with van der Waals surface area (Å²) in [5.74, 6) is -0.792. The fourth-order valence-electron chi connectivity index (χ4n) is 1.82. The van der Waals surface area contributed by atoms with Gasteiger partial charge in [-0.2, -0.15) is 15.2 Å². The van der Waals surface area contributed by atoms with Gasteiger partial charge in [0.1, 0.15) is 6.54 Å². The van der Waals surface area contributed by atoms with Crippen LogP contribution in [-0.4, -0.2) is 43.7 Å². The molecule has 0 aromatic carbocycles. The Labute approximate surface area is 112 Å². The summed E-state index contributed by atoms with van der Waals surface area (Å²) >= 11 is 5.63. The third-order valence-electron chi connectivity index (χ3n) is 2.64. The van der Waals surface area contributed by atoms with E-state index in [1.54, 1.807) is 0 Å². The van der Waals surface area contributed by atoms with Gasteiger partial charge in [-0.1, -0.05) is 11.6 Å². The van der Waals surface area contributed by atoms with Crippen molar-refractivity contribution in [3.05, 3.63) is 17.4 Å². The molecule has 1 aliphatic rings. The van der Waals surface area contributed by atoms with Crippen molar-refractivity contribution < 1.29 is 18.7 Å². The first-order valence-corrected chi connectivity index (χ1v) is 5.76. The smallest absolute Gasteiger partial charge is 0.287 e. The van der Waals surface area contributed by atoms with E-state index >= 15 is 0 Å². The number of amides is 1. The molecule has 1 aliphatic heterocycles. The molecule has 0 radical (unpaired) electrons. The second kappa shape index (κ2) is 4.86. The number of carbonyl (C=O) groups is 1. The normalized spacial score (nSPS) is 23.1. The first-order chi connectivity index (χ1) is 8.83. The van der Waals surface area contributed by atoms with Gasteiger partial charge >= 0.3 is 0 Å². The summed E-state index contributed by atoms with van der Waals surface area (Å²) in [4.78, 5) is 11.9. The molecular formula is C10H11ClF2N4O2. The third-order valence-corrected chi connectivity index (χ3v) is 2.83. The summed E-state index contributed by atoms with van der Waals surface area (Å²) < 4.78 is 27.0. The molecule has 0 fully saturated rings. The molecule has 0 saturated carbocycles. The van der Waals surface area contributed by atoms with Crippen molar-refractivity contribution in [2.75, 3.05) is 0 Å². The Morgan fingerprint density at radius 1 is 1.68 bits per heavy atom. The molecule has 104 valence electrons. The predicted octanol–water partition coefficient (Wildman–Crippen LogP) is 1.10. The van der Waals surface area contributed by atoms with Gasteiger partial charge in [-0.15, -0.1) is 0 Å². The lowest BCUT2D eigenvalue weighted by Gasteiger charge is -2.29. The van der Waals surface area contributed by atoms with E-state index in [9.17, 15) is 18.7 Å². The number of halogens is 3. The fourth-order valence-corrected chi connectivity index (χ4v) is 1.97. The number of hydrogen-bond donors (Lipinski definition) is 1. The van der Waals surface area contributed by atoms with Crippen LogP contribution in [0.5, 0.6) is 0 Å². The summed E-state index contributed by atoms with van der Waals surface area (Å²) in [5.41, 5.74) is -2.33. The number of aromatic nitrogens is 2. The molecule has 0 aliphatic carbocycles. The van der Waals surface area contributed by atoms with Crippen molar-refractivity contribution in [2.24, 2.45) is 5.10 Å². The number of carbonyl (C=O) groups excluding carboxylic acids is 1.